The number of hydrogen-bond donors (Lipinski definition) is 1. The molecule has 1 aromatic rings. The van der Waals surface area contributed by atoms with E-state index >= 15 is 0 Å². The number of rotatable bonds is 4. The molecule has 0 radical (unpaired) electrons. The maximum atomic E-state index is 12.5. The monoisotopic (exact) mass is 260 g/mol. The largest absolute Gasteiger partial charge is 0.491 e. The van der Waals surface area contributed by atoms with Crippen LogP contribution in [-0.2, 0) is 0 Å². The molecular formula is C10H10BrFO2. The van der Waals surface area contributed by atoms with Crippen LogP contribution < -0.4 is 4.74 Å². The van der Waals surface area contributed by atoms with Crippen LogP contribution in [0.5, 0.6) is 5.75 Å². The van der Waals surface area contributed by atoms with E-state index in [0.717, 1.165) is 0 Å². The molecule has 0 aromatic heterocycles. The van der Waals surface area contributed by atoms with Crippen molar-refractivity contribution in [2.75, 3.05) is 6.61 Å². The third-order valence-electron chi connectivity index (χ3n) is 1.53. The van der Waals surface area contributed by atoms with Crippen molar-refractivity contribution in [3.63, 3.8) is 0 Å². The lowest BCUT2D eigenvalue weighted by atomic mass is 10.3. The van der Waals surface area contributed by atoms with Crippen LogP contribution in [0.15, 0.2) is 35.3 Å². The Kier molecular flexibility index (Phi) is 4.62. The Morgan fingerprint density at radius 3 is 2.64 bits per heavy atom. The highest BCUT2D eigenvalue weighted by atomic mass is 79.9. The lowest BCUT2D eigenvalue weighted by Crippen LogP contribution is -2.14. The molecule has 1 atom stereocenters. The maximum absolute atomic E-state index is 12.5. The van der Waals surface area contributed by atoms with Gasteiger partial charge in [-0.3, -0.25) is 0 Å². The molecule has 1 aromatic carbocycles. The van der Waals surface area contributed by atoms with Gasteiger partial charge >= 0.3 is 0 Å². The van der Waals surface area contributed by atoms with Gasteiger partial charge in [0.1, 0.15) is 24.3 Å². The van der Waals surface area contributed by atoms with E-state index in [-0.39, 0.29) is 12.4 Å². The van der Waals surface area contributed by atoms with Crippen molar-refractivity contribution in [1.29, 1.82) is 0 Å². The van der Waals surface area contributed by atoms with Gasteiger partial charge in [-0.25, -0.2) is 4.39 Å². The van der Waals surface area contributed by atoms with Crippen molar-refractivity contribution in [2.45, 2.75) is 6.10 Å². The summed E-state index contributed by atoms with van der Waals surface area (Å²) in [4.78, 5) is 1.56. The summed E-state index contributed by atoms with van der Waals surface area (Å²) in [6.45, 7) is 0.147. The maximum Gasteiger partial charge on any atom is 0.123 e. The topological polar surface area (TPSA) is 29.5 Å². The van der Waals surface area contributed by atoms with Crippen molar-refractivity contribution in [3.05, 3.63) is 41.1 Å². The van der Waals surface area contributed by atoms with E-state index in [0.29, 0.717) is 5.75 Å². The van der Waals surface area contributed by atoms with E-state index in [2.05, 4.69) is 15.9 Å². The summed E-state index contributed by atoms with van der Waals surface area (Å²) < 4.78 is 17.7. The van der Waals surface area contributed by atoms with Crippen molar-refractivity contribution in [1.82, 2.24) is 0 Å². The predicted octanol–water partition coefficient (Wildman–Crippen LogP) is 2.47. The summed E-state index contributed by atoms with van der Waals surface area (Å²) in [6, 6.07) is 5.64. The fourth-order valence-corrected chi connectivity index (χ4v) is 1.20. The fourth-order valence-electron chi connectivity index (χ4n) is 0.852. The highest BCUT2D eigenvalue weighted by Gasteiger charge is 2.00. The van der Waals surface area contributed by atoms with Crippen molar-refractivity contribution in [2.24, 2.45) is 0 Å². The fraction of sp³-hybridized carbons (Fsp3) is 0.200. The number of halogens is 2. The molecule has 1 rings (SSSR count). The molecular weight excluding hydrogens is 251 g/mol. The number of ether oxygens (including phenoxy) is 1. The Balaban J connectivity index is 2.42. The number of aliphatic hydroxyl groups is 1. The smallest absolute Gasteiger partial charge is 0.123 e. The van der Waals surface area contributed by atoms with Gasteiger partial charge in [-0.15, -0.1) is 0 Å². The first-order valence-corrected chi connectivity index (χ1v) is 4.97. The second-order valence-electron chi connectivity index (χ2n) is 2.65. The van der Waals surface area contributed by atoms with Gasteiger partial charge in [0.25, 0.3) is 0 Å². The minimum atomic E-state index is -0.667. The van der Waals surface area contributed by atoms with Gasteiger partial charge in [0.15, 0.2) is 0 Å². The normalized spacial score (nSPS) is 13.1. The van der Waals surface area contributed by atoms with E-state index in [1.165, 1.54) is 24.3 Å². The molecule has 0 bridgehead atoms. The molecule has 0 heterocycles. The van der Waals surface area contributed by atoms with Crippen LogP contribution >= 0.6 is 15.9 Å². The van der Waals surface area contributed by atoms with Gasteiger partial charge in [-0.05, 0) is 35.3 Å². The van der Waals surface area contributed by atoms with Crippen LogP contribution in [0.25, 0.3) is 0 Å². The Labute approximate surface area is 90.1 Å². The van der Waals surface area contributed by atoms with E-state index in [9.17, 15) is 9.50 Å². The molecule has 0 fully saturated rings. The van der Waals surface area contributed by atoms with Crippen LogP contribution in [0, 0.1) is 5.82 Å². The average molecular weight is 261 g/mol. The molecule has 0 saturated carbocycles. The van der Waals surface area contributed by atoms with Gasteiger partial charge in [0, 0.05) is 0 Å². The molecule has 2 nitrogen and oxygen atoms in total. The third kappa shape index (κ3) is 3.89. The Morgan fingerprint density at radius 2 is 2.07 bits per heavy atom. The molecule has 14 heavy (non-hydrogen) atoms. The summed E-state index contributed by atoms with van der Waals surface area (Å²) >= 11 is 3.04. The van der Waals surface area contributed by atoms with E-state index in [1.54, 1.807) is 11.1 Å². The SMILES string of the molecule is O[C@H](/C=C/Br)COc1ccc(F)cc1. The molecule has 0 unspecified atom stereocenters. The standard InChI is InChI=1S/C10H10BrFO2/c11-6-5-9(13)7-14-10-3-1-8(12)2-4-10/h1-6,9,13H,7H2/b6-5+/t9-/m1/s1. The first-order chi connectivity index (χ1) is 6.72. The van der Waals surface area contributed by atoms with Gasteiger partial charge in [0.05, 0.1) is 0 Å². The molecule has 4 heteroatoms. The van der Waals surface area contributed by atoms with Gasteiger partial charge in [0.2, 0.25) is 0 Å². The van der Waals surface area contributed by atoms with E-state index in [1.807, 2.05) is 0 Å². The summed E-state index contributed by atoms with van der Waals surface area (Å²) in [7, 11) is 0. The average Bonchev–Trinajstić information content (AvgIpc) is 2.17. The third-order valence-corrected chi connectivity index (χ3v) is 1.83. The van der Waals surface area contributed by atoms with Crippen LogP contribution in [0.4, 0.5) is 4.39 Å². The molecule has 1 N–H and O–H groups in total. The first kappa shape index (κ1) is 11.2. The molecule has 0 aliphatic rings. The highest BCUT2D eigenvalue weighted by Crippen LogP contribution is 2.11. The summed E-state index contributed by atoms with van der Waals surface area (Å²) in [5, 5.41) is 9.25. The van der Waals surface area contributed by atoms with Gasteiger partial charge in [-0.2, -0.15) is 0 Å². The summed E-state index contributed by atoms with van der Waals surface area (Å²) in [6.07, 6.45) is 0.878. The van der Waals surface area contributed by atoms with Crippen molar-refractivity contribution < 1.29 is 14.2 Å². The van der Waals surface area contributed by atoms with E-state index in [4.69, 9.17) is 4.74 Å². The minimum Gasteiger partial charge on any atom is -0.491 e. The molecule has 0 saturated heterocycles. The minimum absolute atomic E-state index is 0.147. The van der Waals surface area contributed by atoms with Crippen molar-refractivity contribution >= 4 is 15.9 Å². The van der Waals surface area contributed by atoms with Crippen LogP contribution in [0.1, 0.15) is 0 Å². The van der Waals surface area contributed by atoms with Crippen molar-refractivity contribution in [3.8, 4) is 5.75 Å². The summed E-state index contributed by atoms with van der Waals surface area (Å²) in [5.74, 6) is 0.228. The van der Waals surface area contributed by atoms with Gasteiger partial charge in [-0.1, -0.05) is 15.9 Å². The van der Waals surface area contributed by atoms with Crippen LogP contribution in [0.2, 0.25) is 0 Å². The second-order valence-corrected chi connectivity index (χ2v) is 3.18. The predicted molar refractivity (Wildman–Crippen MR) is 56.0 cm³/mol. The lowest BCUT2D eigenvalue weighted by molar-refractivity contribution is 0.144. The van der Waals surface area contributed by atoms with E-state index < -0.39 is 6.10 Å². The molecule has 0 aliphatic carbocycles. The number of hydrogen-bond acceptors (Lipinski definition) is 2. The zero-order chi connectivity index (χ0) is 10.4. The second kappa shape index (κ2) is 5.78. The summed E-state index contributed by atoms with van der Waals surface area (Å²) in [5.41, 5.74) is 0. The van der Waals surface area contributed by atoms with Crippen LogP contribution in [0.3, 0.4) is 0 Å². The Morgan fingerprint density at radius 1 is 1.43 bits per heavy atom. The molecule has 0 aliphatic heterocycles. The van der Waals surface area contributed by atoms with Gasteiger partial charge < -0.3 is 9.84 Å². The lowest BCUT2D eigenvalue weighted by Gasteiger charge is -2.08. The molecule has 0 amide bonds. The molecule has 76 valence electrons. The van der Waals surface area contributed by atoms with Crippen LogP contribution in [-0.4, -0.2) is 17.8 Å². The zero-order valence-electron chi connectivity index (χ0n) is 7.36. The zero-order valence-corrected chi connectivity index (χ0v) is 8.95. The Hall–Kier alpha value is -0.870. The Bertz CT molecular complexity index is 297. The number of benzene rings is 1. The first-order valence-electron chi connectivity index (χ1n) is 4.05. The molecule has 0 spiro atoms. The highest BCUT2D eigenvalue weighted by molar-refractivity contribution is 9.11. The quantitative estimate of drug-likeness (QED) is 0.902. The number of aliphatic hydroxyl groups excluding tert-OH is 1.